The van der Waals surface area contributed by atoms with E-state index in [9.17, 15) is 4.79 Å². The van der Waals surface area contributed by atoms with E-state index in [2.05, 4.69) is 19.9 Å². The van der Waals surface area contributed by atoms with E-state index in [-0.39, 0.29) is 5.91 Å². The third kappa shape index (κ3) is 3.17. The molecule has 1 aromatic carbocycles. The molecule has 0 atom stereocenters. The Morgan fingerprint density at radius 1 is 1.16 bits per heavy atom. The van der Waals surface area contributed by atoms with E-state index in [1.54, 1.807) is 0 Å². The molecule has 0 bridgehead atoms. The SMILES string of the molecule is Cc1nnc2n1CCN(C(=O)CCc1cnn(-c3ccccc3)c1)C2. The van der Waals surface area contributed by atoms with Crippen molar-refractivity contribution >= 4 is 5.91 Å². The van der Waals surface area contributed by atoms with Crippen LogP contribution in [0.5, 0.6) is 0 Å². The van der Waals surface area contributed by atoms with Crippen molar-refractivity contribution in [1.82, 2.24) is 29.4 Å². The molecule has 0 saturated heterocycles. The van der Waals surface area contributed by atoms with Crippen LogP contribution >= 0.6 is 0 Å². The van der Waals surface area contributed by atoms with E-state index in [0.717, 1.165) is 29.4 Å². The molecule has 3 aromatic rings. The number of fused-ring (bicyclic) bond motifs is 1. The fraction of sp³-hybridized carbons (Fsp3) is 0.333. The van der Waals surface area contributed by atoms with Gasteiger partial charge in [0.1, 0.15) is 5.82 Å². The molecule has 0 spiro atoms. The molecule has 1 aliphatic rings. The maximum Gasteiger partial charge on any atom is 0.223 e. The molecule has 7 heteroatoms. The standard InChI is InChI=1S/C18H20N6O/c1-14-20-21-17-13-22(9-10-23(14)17)18(25)8-7-15-11-19-24(12-15)16-5-3-2-4-6-16/h2-6,11-12H,7-10,13H2,1H3. The van der Waals surface area contributed by atoms with Gasteiger partial charge in [0.15, 0.2) is 5.82 Å². The van der Waals surface area contributed by atoms with Gasteiger partial charge in [0.2, 0.25) is 5.91 Å². The number of para-hydroxylation sites is 1. The van der Waals surface area contributed by atoms with Gasteiger partial charge in [0.05, 0.1) is 18.4 Å². The lowest BCUT2D eigenvalue weighted by atomic mass is 10.2. The molecule has 0 N–H and O–H groups in total. The lowest BCUT2D eigenvalue weighted by Gasteiger charge is -2.27. The summed E-state index contributed by atoms with van der Waals surface area (Å²) >= 11 is 0. The van der Waals surface area contributed by atoms with Crippen LogP contribution in [0.4, 0.5) is 0 Å². The highest BCUT2D eigenvalue weighted by atomic mass is 16.2. The van der Waals surface area contributed by atoms with E-state index < -0.39 is 0 Å². The first-order chi connectivity index (χ1) is 12.2. The Balaban J connectivity index is 1.36. The van der Waals surface area contributed by atoms with Crippen LogP contribution in [0.3, 0.4) is 0 Å². The Morgan fingerprint density at radius 3 is 2.84 bits per heavy atom. The summed E-state index contributed by atoms with van der Waals surface area (Å²) in [7, 11) is 0. The zero-order valence-electron chi connectivity index (χ0n) is 14.2. The zero-order valence-corrected chi connectivity index (χ0v) is 14.2. The summed E-state index contributed by atoms with van der Waals surface area (Å²) in [5.41, 5.74) is 2.08. The average molecular weight is 336 g/mol. The van der Waals surface area contributed by atoms with Gasteiger partial charge in [0.25, 0.3) is 0 Å². The minimum atomic E-state index is 0.152. The molecule has 3 heterocycles. The second-order valence-electron chi connectivity index (χ2n) is 6.26. The highest BCUT2D eigenvalue weighted by Gasteiger charge is 2.23. The number of aromatic nitrogens is 5. The lowest BCUT2D eigenvalue weighted by molar-refractivity contribution is -0.132. The fourth-order valence-corrected chi connectivity index (χ4v) is 3.14. The van der Waals surface area contributed by atoms with Crippen LogP contribution in [-0.2, 0) is 24.3 Å². The molecule has 0 unspecified atom stereocenters. The molecule has 0 aliphatic carbocycles. The molecular formula is C18H20N6O. The van der Waals surface area contributed by atoms with Crippen molar-refractivity contribution in [2.75, 3.05) is 6.54 Å². The normalized spacial score (nSPS) is 13.7. The minimum absolute atomic E-state index is 0.152. The number of nitrogens with zero attached hydrogens (tertiary/aromatic N) is 6. The molecule has 7 nitrogen and oxygen atoms in total. The topological polar surface area (TPSA) is 68.8 Å². The molecule has 0 saturated carbocycles. The third-order valence-electron chi connectivity index (χ3n) is 4.58. The van der Waals surface area contributed by atoms with Crippen molar-refractivity contribution in [3.63, 3.8) is 0 Å². The van der Waals surface area contributed by atoms with Crippen molar-refractivity contribution < 1.29 is 4.79 Å². The predicted octanol–water partition coefficient (Wildman–Crippen LogP) is 1.75. The van der Waals surface area contributed by atoms with Crippen LogP contribution in [-0.4, -0.2) is 41.9 Å². The Morgan fingerprint density at radius 2 is 2.00 bits per heavy atom. The number of hydrogen-bond donors (Lipinski definition) is 0. The second kappa shape index (κ2) is 6.51. The Labute approximate surface area is 145 Å². The van der Waals surface area contributed by atoms with Gasteiger partial charge in [0, 0.05) is 25.7 Å². The van der Waals surface area contributed by atoms with Gasteiger partial charge in [-0.05, 0) is 31.0 Å². The van der Waals surface area contributed by atoms with E-state index in [0.29, 0.717) is 25.9 Å². The zero-order chi connectivity index (χ0) is 17.2. The summed E-state index contributed by atoms with van der Waals surface area (Å²) < 4.78 is 3.92. The minimum Gasteiger partial charge on any atom is -0.333 e. The highest BCUT2D eigenvalue weighted by molar-refractivity contribution is 5.76. The number of carbonyl (C=O) groups excluding carboxylic acids is 1. The van der Waals surface area contributed by atoms with Gasteiger partial charge < -0.3 is 9.47 Å². The molecule has 0 fully saturated rings. The molecule has 25 heavy (non-hydrogen) atoms. The van der Waals surface area contributed by atoms with Crippen molar-refractivity contribution in [2.24, 2.45) is 0 Å². The smallest absolute Gasteiger partial charge is 0.223 e. The first kappa shape index (κ1) is 15.6. The molecule has 128 valence electrons. The van der Waals surface area contributed by atoms with Gasteiger partial charge in [-0.3, -0.25) is 4.79 Å². The summed E-state index contributed by atoms with van der Waals surface area (Å²) in [6.45, 7) is 3.97. The average Bonchev–Trinajstić information content (AvgIpc) is 3.27. The van der Waals surface area contributed by atoms with Crippen molar-refractivity contribution in [3.8, 4) is 5.69 Å². The second-order valence-corrected chi connectivity index (χ2v) is 6.26. The summed E-state index contributed by atoms with van der Waals surface area (Å²) in [6.07, 6.45) is 4.98. The van der Waals surface area contributed by atoms with E-state index >= 15 is 0 Å². The van der Waals surface area contributed by atoms with Crippen molar-refractivity contribution in [1.29, 1.82) is 0 Å². The van der Waals surface area contributed by atoms with Crippen LogP contribution in [0.1, 0.15) is 23.6 Å². The third-order valence-corrected chi connectivity index (χ3v) is 4.58. The number of carbonyl (C=O) groups is 1. The number of amides is 1. The molecule has 4 rings (SSSR count). The van der Waals surface area contributed by atoms with E-state index in [1.165, 1.54) is 0 Å². The van der Waals surface area contributed by atoms with Crippen LogP contribution in [0.25, 0.3) is 5.69 Å². The summed E-state index contributed by atoms with van der Waals surface area (Å²) in [6, 6.07) is 9.96. The highest BCUT2D eigenvalue weighted by Crippen LogP contribution is 2.14. The van der Waals surface area contributed by atoms with Crippen LogP contribution in [0.2, 0.25) is 0 Å². The van der Waals surface area contributed by atoms with Crippen LogP contribution < -0.4 is 0 Å². The molecule has 0 radical (unpaired) electrons. The Bertz CT molecular complexity index is 882. The largest absolute Gasteiger partial charge is 0.333 e. The molecule has 1 aliphatic heterocycles. The van der Waals surface area contributed by atoms with Crippen molar-refractivity contribution in [2.45, 2.75) is 32.9 Å². The Hall–Kier alpha value is -2.96. The number of aryl methyl sites for hydroxylation is 2. The summed E-state index contributed by atoms with van der Waals surface area (Å²) in [4.78, 5) is 14.4. The van der Waals surface area contributed by atoms with Gasteiger partial charge >= 0.3 is 0 Å². The lowest BCUT2D eigenvalue weighted by Crippen LogP contribution is -2.38. The van der Waals surface area contributed by atoms with E-state index in [1.807, 2.05) is 59.2 Å². The molecule has 1 amide bonds. The quantitative estimate of drug-likeness (QED) is 0.728. The summed E-state index contributed by atoms with van der Waals surface area (Å²) in [5, 5.41) is 12.6. The number of rotatable bonds is 4. The molecular weight excluding hydrogens is 316 g/mol. The Kier molecular flexibility index (Phi) is 4.05. The van der Waals surface area contributed by atoms with Crippen LogP contribution in [0.15, 0.2) is 42.7 Å². The van der Waals surface area contributed by atoms with Crippen LogP contribution in [0, 0.1) is 6.92 Å². The predicted molar refractivity (Wildman–Crippen MR) is 92.1 cm³/mol. The number of hydrogen-bond acceptors (Lipinski definition) is 4. The van der Waals surface area contributed by atoms with Gasteiger partial charge in [-0.25, -0.2) is 4.68 Å². The summed E-state index contributed by atoms with van der Waals surface area (Å²) in [5.74, 6) is 1.93. The fourth-order valence-electron chi connectivity index (χ4n) is 3.14. The first-order valence-corrected chi connectivity index (χ1v) is 8.46. The maximum atomic E-state index is 12.5. The first-order valence-electron chi connectivity index (χ1n) is 8.46. The van der Waals surface area contributed by atoms with Gasteiger partial charge in [-0.15, -0.1) is 10.2 Å². The van der Waals surface area contributed by atoms with Gasteiger partial charge in [-0.1, -0.05) is 18.2 Å². The van der Waals surface area contributed by atoms with Crippen molar-refractivity contribution in [3.05, 3.63) is 59.9 Å². The van der Waals surface area contributed by atoms with Gasteiger partial charge in [-0.2, -0.15) is 5.10 Å². The molecule has 2 aromatic heterocycles. The number of benzene rings is 1. The monoisotopic (exact) mass is 336 g/mol. The maximum absolute atomic E-state index is 12.5. The van der Waals surface area contributed by atoms with E-state index in [4.69, 9.17) is 0 Å².